The Hall–Kier alpha value is -2.12. The average molecular weight is 388 g/mol. The highest BCUT2D eigenvalue weighted by molar-refractivity contribution is 8.00. The Morgan fingerprint density at radius 1 is 1.23 bits per heavy atom. The number of thioether (sulfide) groups is 1. The smallest absolute Gasteiger partial charge is 0.277 e. The second kappa shape index (κ2) is 9.00. The van der Waals surface area contributed by atoms with Gasteiger partial charge < -0.3 is 9.73 Å². The van der Waals surface area contributed by atoms with E-state index in [1.807, 2.05) is 42.6 Å². The van der Waals surface area contributed by atoms with E-state index in [0.717, 1.165) is 11.3 Å². The number of rotatable bonds is 8. The summed E-state index contributed by atoms with van der Waals surface area (Å²) in [7, 11) is 0. The minimum Gasteiger partial charge on any atom is -0.410 e. The lowest BCUT2D eigenvalue weighted by Gasteiger charge is -2.17. The van der Waals surface area contributed by atoms with Crippen molar-refractivity contribution in [1.29, 1.82) is 0 Å². The van der Waals surface area contributed by atoms with Gasteiger partial charge >= 0.3 is 0 Å². The van der Waals surface area contributed by atoms with Crippen molar-refractivity contribution >= 4 is 29.0 Å². The number of amides is 1. The van der Waals surface area contributed by atoms with E-state index >= 15 is 0 Å². The van der Waals surface area contributed by atoms with E-state index in [9.17, 15) is 4.79 Å². The first kappa shape index (κ1) is 18.7. The van der Waals surface area contributed by atoms with Gasteiger partial charge in [0.1, 0.15) is 0 Å². The van der Waals surface area contributed by atoms with Crippen molar-refractivity contribution in [2.24, 2.45) is 0 Å². The molecule has 0 radical (unpaired) electrons. The molecule has 2 atom stereocenters. The standard InChI is InChI=1S/C19H21N3O2S2/c1-3-14(15-8-5-4-6-9-15)12-20-17(23)13(2)26-19-22-21-18(24-19)16-10-7-11-25-16/h4-11,13-14H,3,12H2,1-2H3,(H,20,23)/t13-,14-/m1/s1. The molecular formula is C19H21N3O2S2. The molecule has 2 heterocycles. The lowest BCUT2D eigenvalue weighted by molar-refractivity contribution is -0.120. The average Bonchev–Trinajstić information content (AvgIpc) is 3.34. The Morgan fingerprint density at radius 2 is 2.04 bits per heavy atom. The molecule has 1 aromatic carbocycles. The number of aromatic nitrogens is 2. The normalized spacial score (nSPS) is 13.3. The van der Waals surface area contributed by atoms with Crippen LogP contribution in [0.3, 0.4) is 0 Å². The van der Waals surface area contributed by atoms with Crippen LogP contribution in [0.1, 0.15) is 31.7 Å². The molecule has 0 unspecified atom stereocenters. The Balaban J connectivity index is 1.53. The van der Waals surface area contributed by atoms with E-state index in [0.29, 0.717) is 23.6 Å². The SMILES string of the molecule is CC[C@H](CNC(=O)[C@@H](C)Sc1nnc(-c2cccs2)o1)c1ccccc1. The van der Waals surface area contributed by atoms with Crippen LogP contribution in [-0.2, 0) is 4.79 Å². The Labute approximate surface area is 161 Å². The number of hydrogen-bond donors (Lipinski definition) is 1. The number of carbonyl (C=O) groups is 1. The van der Waals surface area contributed by atoms with Crippen molar-refractivity contribution in [2.45, 2.75) is 36.7 Å². The van der Waals surface area contributed by atoms with Crippen molar-refractivity contribution in [2.75, 3.05) is 6.54 Å². The van der Waals surface area contributed by atoms with Gasteiger partial charge in [0, 0.05) is 12.5 Å². The van der Waals surface area contributed by atoms with Crippen LogP contribution in [-0.4, -0.2) is 27.9 Å². The number of nitrogens with zero attached hydrogens (tertiary/aromatic N) is 2. The molecule has 5 nitrogen and oxygen atoms in total. The summed E-state index contributed by atoms with van der Waals surface area (Å²) in [6, 6.07) is 14.1. The summed E-state index contributed by atoms with van der Waals surface area (Å²) in [5, 5.41) is 13.2. The maximum Gasteiger partial charge on any atom is 0.277 e. The van der Waals surface area contributed by atoms with Crippen LogP contribution in [0.2, 0.25) is 0 Å². The molecule has 0 spiro atoms. The first-order valence-electron chi connectivity index (χ1n) is 8.54. The van der Waals surface area contributed by atoms with Gasteiger partial charge in [-0.2, -0.15) is 0 Å². The molecule has 26 heavy (non-hydrogen) atoms. The van der Waals surface area contributed by atoms with Gasteiger partial charge in [0.25, 0.3) is 11.1 Å². The number of benzene rings is 1. The predicted octanol–water partition coefficient (Wildman–Crippen LogP) is 4.59. The summed E-state index contributed by atoms with van der Waals surface area (Å²) >= 11 is 2.82. The molecule has 0 saturated heterocycles. The van der Waals surface area contributed by atoms with Crippen molar-refractivity contribution in [3.63, 3.8) is 0 Å². The molecule has 2 aromatic heterocycles. The molecule has 3 rings (SSSR count). The maximum atomic E-state index is 12.4. The zero-order valence-electron chi connectivity index (χ0n) is 14.7. The van der Waals surface area contributed by atoms with Crippen molar-refractivity contribution in [3.8, 4) is 10.8 Å². The Morgan fingerprint density at radius 3 is 2.73 bits per heavy atom. The second-order valence-electron chi connectivity index (χ2n) is 5.87. The molecule has 0 aliphatic carbocycles. The molecule has 136 valence electrons. The van der Waals surface area contributed by atoms with E-state index in [2.05, 4.69) is 34.6 Å². The minimum atomic E-state index is -0.306. The van der Waals surface area contributed by atoms with Gasteiger partial charge in [0.05, 0.1) is 10.1 Å². The third-order valence-corrected chi connectivity index (χ3v) is 5.86. The van der Waals surface area contributed by atoms with Gasteiger partial charge in [-0.25, -0.2) is 0 Å². The van der Waals surface area contributed by atoms with E-state index in [1.165, 1.54) is 17.3 Å². The summed E-state index contributed by atoms with van der Waals surface area (Å²) in [6.45, 7) is 4.60. The molecule has 3 aromatic rings. The van der Waals surface area contributed by atoms with Gasteiger partial charge in [-0.3, -0.25) is 4.79 Å². The van der Waals surface area contributed by atoms with Crippen LogP contribution < -0.4 is 5.32 Å². The highest BCUT2D eigenvalue weighted by Crippen LogP contribution is 2.28. The van der Waals surface area contributed by atoms with Crippen molar-refractivity contribution in [1.82, 2.24) is 15.5 Å². The van der Waals surface area contributed by atoms with Crippen LogP contribution in [0.5, 0.6) is 0 Å². The fourth-order valence-corrected chi connectivity index (χ4v) is 3.90. The molecule has 1 amide bonds. The zero-order chi connectivity index (χ0) is 18.4. The maximum absolute atomic E-state index is 12.4. The largest absolute Gasteiger partial charge is 0.410 e. The van der Waals surface area contributed by atoms with Gasteiger partial charge in [0.15, 0.2) is 0 Å². The summed E-state index contributed by atoms with van der Waals surface area (Å²) in [6.07, 6.45) is 0.972. The first-order chi connectivity index (χ1) is 12.7. The van der Waals surface area contributed by atoms with Gasteiger partial charge in [-0.15, -0.1) is 21.5 Å². The van der Waals surface area contributed by atoms with Gasteiger partial charge in [-0.05, 0) is 30.4 Å². The monoisotopic (exact) mass is 387 g/mol. The van der Waals surface area contributed by atoms with Gasteiger partial charge in [-0.1, -0.05) is 55.1 Å². The van der Waals surface area contributed by atoms with E-state index < -0.39 is 0 Å². The number of thiophene rings is 1. The summed E-state index contributed by atoms with van der Waals surface area (Å²) < 4.78 is 5.64. The second-order valence-corrected chi connectivity index (χ2v) is 8.11. The number of nitrogens with one attached hydrogen (secondary N) is 1. The minimum absolute atomic E-state index is 0.0275. The predicted molar refractivity (Wildman–Crippen MR) is 105 cm³/mol. The highest BCUT2D eigenvalue weighted by atomic mass is 32.2. The molecule has 7 heteroatoms. The van der Waals surface area contributed by atoms with E-state index in [1.54, 1.807) is 11.3 Å². The Bertz CT molecular complexity index is 818. The number of hydrogen-bond acceptors (Lipinski definition) is 6. The highest BCUT2D eigenvalue weighted by Gasteiger charge is 2.20. The third kappa shape index (κ3) is 4.74. The van der Waals surface area contributed by atoms with Crippen molar-refractivity contribution < 1.29 is 9.21 Å². The van der Waals surface area contributed by atoms with Crippen LogP contribution in [0.15, 0.2) is 57.5 Å². The fraction of sp³-hybridized carbons (Fsp3) is 0.316. The lowest BCUT2D eigenvalue weighted by Crippen LogP contribution is -2.34. The molecule has 0 aliphatic rings. The molecule has 0 bridgehead atoms. The summed E-state index contributed by atoms with van der Waals surface area (Å²) in [5.41, 5.74) is 1.24. The van der Waals surface area contributed by atoms with Crippen LogP contribution >= 0.6 is 23.1 Å². The molecule has 0 saturated carbocycles. The van der Waals surface area contributed by atoms with Crippen LogP contribution in [0, 0.1) is 0 Å². The topological polar surface area (TPSA) is 68.0 Å². The molecular weight excluding hydrogens is 366 g/mol. The first-order valence-corrected chi connectivity index (χ1v) is 10.3. The fourth-order valence-electron chi connectivity index (χ4n) is 2.55. The number of carbonyl (C=O) groups excluding carboxylic acids is 1. The van der Waals surface area contributed by atoms with E-state index in [4.69, 9.17) is 4.42 Å². The Kier molecular flexibility index (Phi) is 6.46. The van der Waals surface area contributed by atoms with Crippen LogP contribution in [0.25, 0.3) is 10.8 Å². The quantitative estimate of drug-likeness (QED) is 0.573. The summed E-state index contributed by atoms with van der Waals surface area (Å²) in [5.74, 6) is 0.775. The van der Waals surface area contributed by atoms with Gasteiger partial charge in [0.2, 0.25) is 5.91 Å². The molecule has 0 aliphatic heterocycles. The molecule has 1 N–H and O–H groups in total. The third-order valence-electron chi connectivity index (χ3n) is 4.07. The van der Waals surface area contributed by atoms with Crippen molar-refractivity contribution in [3.05, 3.63) is 53.4 Å². The molecule has 0 fully saturated rings. The van der Waals surface area contributed by atoms with E-state index in [-0.39, 0.29) is 11.2 Å². The lowest BCUT2D eigenvalue weighted by atomic mass is 9.96. The zero-order valence-corrected chi connectivity index (χ0v) is 16.3. The van der Waals surface area contributed by atoms with Crippen LogP contribution in [0.4, 0.5) is 0 Å². The summed E-state index contributed by atoms with van der Waals surface area (Å²) in [4.78, 5) is 13.3.